The molecule has 2 aliphatic rings. The maximum atomic E-state index is 9.08. The first-order valence-corrected chi connectivity index (χ1v) is 7.63. The maximum absolute atomic E-state index is 9.08. The van der Waals surface area contributed by atoms with Crippen molar-refractivity contribution in [2.45, 2.75) is 69.9 Å². The predicted octanol–water partition coefficient (Wildman–Crippen LogP) is 2.66. The number of likely N-dealkylation sites (tertiary alicyclic amines) is 1. The summed E-state index contributed by atoms with van der Waals surface area (Å²) in [7, 11) is 0. The first-order valence-electron chi connectivity index (χ1n) is 7.63. The molecule has 1 aliphatic heterocycles. The van der Waals surface area contributed by atoms with Crippen molar-refractivity contribution in [3.8, 4) is 6.07 Å². The van der Waals surface area contributed by atoms with Gasteiger partial charge in [0.15, 0.2) is 0 Å². The van der Waals surface area contributed by atoms with Crippen LogP contribution >= 0.6 is 0 Å². The fraction of sp³-hybridized carbons (Fsp3) is 0.933. The molecule has 3 unspecified atom stereocenters. The Morgan fingerprint density at radius 2 is 2.11 bits per heavy atom. The first-order chi connectivity index (χ1) is 8.68. The van der Waals surface area contributed by atoms with E-state index in [1.54, 1.807) is 0 Å². The Labute approximate surface area is 111 Å². The Morgan fingerprint density at radius 3 is 2.83 bits per heavy atom. The summed E-state index contributed by atoms with van der Waals surface area (Å²) in [4.78, 5) is 2.66. The minimum atomic E-state index is -0.592. The van der Waals surface area contributed by atoms with Crippen LogP contribution < -0.4 is 5.73 Å². The van der Waals surface area contributed by atoms with E-state index in [0.29, 0.717) is 0 Å². The Hall–Kier alpha value is -0.590. The molecule has 1 aliphatic carbocycles. The number of nitrogens with zero attached hydrogens (tertiary/aromatic N) is 2. The van der Waals surface area contributed by atoms with Crippen molar-refractivity contribution in [3.05, 3.63) is 0 Å². The van der Waals surface area contributed by atoms with E-state index in [2.05, 4.69) is 11.0 Å². The van der Waals surface area contributed by atoms with Crippen LogP contribution in [-0.2, 0) is 0 Å². The monoisotopic (exact) mass is 249 g/mol. The van der Waals surface area contributed by atoms with E-state index in [-0.39, 0.29) is 0 Å². The van der Waals surface area contributed by atoms with E-state index in [1.165, 1.54) is 38.6 Å². The molecule has 18 heavy (non-hydrogen) atoms. The summed E-state index contributed by atoms with van der Waals surface area (Å²) in [6.45, 7) is 4.42. The van der Waals surface area contributed by atoms with E-state index < -0.39 is 5.54 Å². The van der Waals surface area contributed by atoms with Gasteiger partial charge in [-0.05, 0) is 57.5 Å². The minimum absolute atomic E-state index is 0.592. The van der Waals surface area contributed by atoms with Crippen LogP contribution in [0.3, 0.4) is 0 Å². The van der Waals surface area contributed by atoms with Crippen LogP contribution in [0.15, 0.2) is 0 Å². The van der Waals surface area contributed by atoms with Crippen LogP contribution in [0.1, 0.15) is 58.3 Å². The summed E-state index contributed by atoms with van der Waals surface area (Å²) in [5.74, 6) is 0.962. The van der Waals surface area contributed by atoms with Gasteiger partial charge < -0.3 is 10.6 Å². The van der Waals surface area contributed by atoms with E-state index in [0.717, 1.165) is 37.8 Å². The number of hydrogen-bond donors (Lipinski definition) is 1. The number of hydrogen-bond acceptors (Lipinski definition) is 3. The Balaban J connectivity index is 1.76. The largest absolute Gasteiger partial charge is 0.313 e. The molecule has 0 aromatic carbocycles. The summed E-state index contributed by atoms with van der Waals surface area (Å²) in [5.41, 5.74) is 5.44. The first kappa shape index (κ1) is 13.8. The fourth-order valence-electron chi connectivity index (χ4n) is 3.69. The van der Waals surface area contributed by atoms with Gasteiger partial charge >= 0.3 is 0 Å². The van der Waals surface area contributed by atoms with E-state index in [1.807, 2.05) is 6.92 Å². The molecule has 0 aromatic rings. The van der Waals surface area contributed by atoms with Crippen LogP contribution in [0.5, 0.6) is 0 Å². The number of nitrogens with two attached hydrogens (primary N) is 1. The van der Waals surface area contributed by atoms with Gasteiger partial charge in [0.2, 0.25) is 0 Å². The number of nitriles is 1. The molecule has 3 heteroatoms. The molecule has 0 bridgehead atoms. The quantitative estimate of drug-likeness (QED) is 0.815. The standard InChI is InChI=1S/C15H27N3/c1-2-15(17,12-16)9-5-10-18-11-8-13-6-3-4-7-14(13)18/h13-14H,2-11,17H2,1H3. The molecule has 1 saturated carbocycles. The summed E-state index contributed by atoms with van der Waals surface area (Å²) in [6.07, 6.45) is 9.74. The molecular formula is C15H27N3. The van der Waals surface area contributed by atoms with E-state index in [4.69, 9.17) is 11.0 Å². The number of rotatable bonds is 5. The third-order valence-corrected chi connectivity index (χ3v) is 5.05. The summed E-state index contributed by atoms with van der Waals surface area (Å²) in [6, 6.07) is 3.11. The third kappa shape index (κ3) is 3.05. The Morgan fingerprint density at radius 1 is 1.33 bits per heavy atom. The molecule has 102 valence electrons. The highest BCUT2D eigenvalue weighted by Crippen LogP contribution is 2.36. The highest BCUT2D eigenvalue weighted by molar-refractivity contribution is 5.03. The molecule has 1 saturated heterocycles. The van der Waals surface area contributed by atoms with Gasteiger partial charge in [-0.25, -0.2) is 0 Å². The smallest absolute Gasteiger partial charge is 0.104 e. The van der Waals surface area contributed by atoms with Gasteiger partial charge in [-0.3, -0.25) is 0 Å². The third-order valence-electron chi connectivity index (χ3n) is 5.05. The molecule has 2 rings (SSSR count). The van der Waals surface area contributed by atoms with Gasteiger partial charge in [0, 0.05) is 6.04 Å². The molecular weight excluding hydrogens is 222 g/mol. The average molecular weight is 249 g/mol. The van der Waals surface area contributed by atoms with Crippen molar-refractivity contribution in [2.24, 2.45) is 11.7 Å². The minimum Gasteiger partial charge on any atom is -0.313 e. The summed E-state index contributed by atoms with van der Waals surface area (Å²) < 4.78 is 0. The van der Waals surface area contributed by atoms with Gasteiger partial charge in [0.05, 0.1) is 6.07 Å². The Bertz CT molecular complexity index is 309. The predicted molar refractivity (Wildman–Crippen MR) is 74.0 cm³/mol. The van der Waals surface area contributed by atoms with Crippen LogP contribution in [-0.4, -0.2) is 29.6 Å². The fourth-order valence-corrected chi connectivity index (χ4v) is 3.69. The molecule has 0 spiro atoms. The second kappa shape index (κ2) is 6.04. The van der Waals surface area contributed by atoms with Gasteiger partial charge in [-0.15, -0.1) is 0 Å². The van der Waals surface area contributed by atoms with Crippen molar-refractivity contribution >= 4 is 0 Å². The lowest BCUT2D eigenvalue weighted by atomic mass is 9.85. The van der Waals surface area contributed by atoms with Gasteiger partial charge in [0.25, 0.3) is 0 Å². The molecule has 0 radical (unpaired) electrons. The van der Waals surface area contributed by atoms with E-state index >= 15 is 0 Å². The van der Waals surface area contributed by atoms with Crippen LogP contribution in [0, 0.1) is 17.2 Å². The van der Waals surface area contributed by atoms with Gasteiger partial charge in [-0.1, -0.05) is 19.8 Å². The zero-order chi connectivity index (χ0) is 13.0. The summed E-state index contributed by atoms with van der Waals surface area (Å²) in [5, 5.41) is 9.08. The molecule has 2 fully saturated rings. The van der Waals surface area contributed by atoms with Crippen LogP contribution in [0.25, 0.3) is 0 Å². The lowest BCUT2D eigenvalue weighted by Crippen LogP contribution is -2.39. The SMILES string of the molecule is CCC(N)(C#N)CCCN1CCC2CCCCC21. The van der Waals surface area contributed by atoms with Crippen molar-refractivity contribution in [1.29, 1.82) is 5.26 Å². The van der Waals surface area contributed by atoms with Gasteiger partial charge in [-0.2, -0.15) is 5.26 Å². The summed E-state index contributed by atoms with van der Waals surface area (Å²) >= 11 is 0. The molecule has 3 nitrogen and oxygen atoms in total. The molecule has 0 amide bonds. The molecule has 1 heterocycles. The lowest BCUT2D eigenvalue weighted by Gasteiger charge is -2.32. The highest BCUT2D eigenvalue weighted by Gasteiger charge is 2.35. The topological polar surface area (TPSA) is 53.1 Å². The van der Waals surface area contributed by atoms with Crippen molar-refractivity contribution in [3.63, 3.8) is 0 Å². The molecule has 2 N–H and O–H groups in total. The average Bonchev–Trinajstić information content (AvgIpc) is 2.82. The second-order valence-corrected chi connectivity index (χ2v) is 6.16. The van der Waals surface area contributed by atoms with Crippen molar-refractivity contribution in [1.82, 2.24) is 4.90 Å². The lowest BCUT2D eigenvalue weighted by molar-refractivity contribution is 0.177. The van der Waals surface area contributed by atoms with Crippen molar-refractivity contribution < 1.29 is 0 Å². The normalized spacial score (nSPS) is 31.6. The van der Waals surface area contributed by atoms with Crippen LogP contribution in [0.4, 0.5) is 0 Å². The van der Waals surface area contributed by atoms with E-state index in [9.17, 15) is 0 Å². The second-order valence-electron chi connectivity index (χ2n) is 6.16. The highest BCUT2D eigenvalue weighted by atomic mass is 15.2. The Kier molecular flexibility index (Phi) is 4.64. The maximum Gasteiger partial charge on any atom is 0.104 e. The van der Waals surface area contributed by atoms with Crippen LogP contribution in [0.2, 0.25) is 0 Å². The van der Waals surface area contributed by atoms with Gasteiger partial charge in [0.1, 0.15) is 5.54 Å². The zero-order valence-corrected chi connectivity index (χ0v) is 11.7. The molecule has 3 atom stereocenters. The number of fused-ring (bicyclic) bond motifs is 1. The molecule has 0 aromatic heterocycles. The van der Waals surface area contributed by atoms with Crippen molar-refractivity contribution in [2.75, 3.05) is 13.1 Å². The zero-order valence-electron chi connectivity index (χ0n) is 11.7.